The van der Waals surface area contributed by atoms with Crippen LogP contribution in [0.3, 0.4) is 0 Å². The van der Waals surface area contributed by atoms with Crippen LogP contribution in [0.25, 0.3) is 0 Å². The van der Waals surface area contributed by atoms with Crippen molar-refractivity contribution in [1.82, 2.24) is 0 Å². The Morgan fingerprint density at radius 3 is 2.84 bits per heavy atom. The zero-order chi connectivity index (χ0) is 13.8. The van der Waals surface area contributed by atoms with Gasteiger partial charge in [-0.3, -0.25) is 0 Å². The Morgan fingerprint density at radius 2 is 2.16 bits per heavy atom. The van der Waals surface area contributed by atoms with Crippen LogP contribution in [0.4, 0.5) is 11.4 Å². The van der Waals surface area contributed by atoms with Gasteiger partial charge in [0.2, 0.25) is 0 Å². The molecule has 4 heteroatoms. The summed E-state index contributed by atoms with van der Waals surface area (Å²) in [5.41, 5.74) is 8.29. The van der Waals surface area contributed by atoms with Gasteiger partial charge in [-0.1, -0.05) is 12.8 Å². The Hall–Kier alpha value is -1.71. The van der Waals surface area contributed by atoms with Gasteiger partial charge < -0.3 is 15.4 Å². The van der Waals surface area contributed by atoms with E-state index in [9.17, 15) is 4.79 Å². The van der Waals surface area contributed by atoms with Crippen molar-refractivity contribution in [2.24, 2.45) is 0 Å². The molecule has 4 nitrogen and oxygen atoms in total. The second-order valence-corrected chi connectivity index (χ2v) is 5.16. The Bertz CT molecular complexity index is 459. The minimum Gasteiger partial charge on any atom is -0.465 e. The molecule has 2 N–H and O–H groups in total. The minimum absolute atomic E-state index is 0.345. The molecule has 1 fully saturated rings. The van der Waals surface area contributed by atoms with Gasteiger partial charge in [-0.2, -0.15) is 0 Å². The predicted octanol–water partition coefficient (Wildman–Crippen LogP) is 2.82. The number of anilines is 2. The lowest BCUT2D eigenvalue weighted by Crippen LogP contribution is -2.33. The van der Waals surface area contributed by atoms with Crippen LogP contribution in [-0.2, 0) is 4.74 Å². The van der Waals surface area contributed by atoms with E-state index in [1.165, 1.54) is 32.8 Å². The molecule has 0 bridgehead atoms. The Morgan fingerprint density at radius 1 is 1.37 bits per heavy atom. The van der Waals surface area contributed by atoms with E-state index in [2.05, 4.69) is 11.8 Å². The van der Waals surface area contributed by atoms with Gasteiger partial charge >= 0.3 is 5.97 Å². The fourth-order valence-electron chi connectivity index (χ4n) is 2.69. The molecule has 0 saturated carbocycles. The first-order valence-corrected chi connectivity index (χ1v) is 6.88. The SMILES string of the molecule is COC(=O)c1ccc(N2CCCCCC2C)c(N)c1. The summed E-state index contributed by atoms with van der Waals surface area (Å²) in [6.07, 6.45) is 4.94. The zero-order valence-electron chi connectivity index (χ0n) is 11.7. The van der Waals surface area contributed by atoms with E-state index in [-0.39, 0.29) is 5.97 Å². The van der Waals surface area contributed by atoms with Crippen LogP contribution < -0.4 is 10.6 Å². The minimum atomic E-state index is -0.345. The molecule has 0 spiro atoms. The van der Waals surface area contributed by atoms with Crippen LogP contribution in [0.1, 0.15) is 43.0 Å². The van der Waals surface area contributed by atoms with Gasteiger partial charge in [-0.15, -0.1) is 0 Å². The lowest BCUT2D eigenvalue weighted by atomic mass is 10.1. The highest BCUT2D eigenvalue weighted by atomic mass is 16.5. The molecule has 1 aliphatic heterocycles. The number of nitrogens with two attached hydrogens (primary N) is 1. The van der Waals surface area contributed by atoms with Gasteiger partial charge in [-0.25, -0.2) is 4.79 Å². The lowest BCUT2D eigenvalue weighted by Gasteiger charge is -2.30. The second kappa shape index (κ2) is 5.95. The normalized spacial score (nSPS) is 19.9. The maximum Gasteiger partial charge on any atom is 0.337 e. The number of methoxy groups -OCH3 is 1. The van der Waals surface area contributed by atoms with Crippen LogP contribution in [0, 0.1) is 0 Å². The van der Waals surface area contributed by atoms with Gasteiger partial charge in [0.05, 0.1) is 24.0 Å². The zero-order valence-corrected chi connectivity index (χ0v) is 11.7. The predicted molar refractivity (Wildman–Crippen MR) is 77.5 cm³/mol. The third-order valence-electron chi connectivity index (χ3n) is 3.81. The smallest absolute Gasteiger partial charge is 0.337 e. The highest BCUT2D eigenvalue weighted by Gasteiger charge is 2.19. The van der Waals surface area contributed by atoms with Crippen molar-refractivity contribution in [2.45, 2.75) is 38.6 Å². The van der Waals surface area contributed by atoms with Gasteiger partial charge in [0.25, 0.3) is 0 Å². The number of hydrogen-bond acceptors (Lipinski definition) is 4. The first-order chi connectivity index (χ1) is 9.13. The van der Waals surface area contributed by atoms with Crippen LogP contribution in [0.15, 0.2) is 18.2 Å². The number of esters is 1. The van der Waals surface area contributed by atoms with E-state index >= 15 is 0 Å². The fourth-order valence-corrected chi connectivity index (χ4v) is 2.69. The lowest BCUT2D eigenvalue weighted by molar-refractivity contribution is 0.0601. The maximum atomic E-state index is 11.5. The second-order valence-electron chi connectivity index (χ2n) is 5.16. The average molecular weight is 262 g/mol. The number of carbonyl (C=O) groups is 1. The summed E-state index contributed by atoms with van der Waals surface area (Å²) in [6.45, 7) is 3.27. The standard InChI is InChI=1S/C15H22N2O2/c1-11-6-4-3-5-9-17(11)14-8-7-12(10-13(14)16)15(18)19-2/h7-8,10-11H,3-6,9,16H2,1-2H3. The maximum absolute atomic E-state index is 11.5. The molecule has 1 saturated heterocycles. The van der Waals surface area contributed by atoms with Crippen molar-refractivity contribution in [3.63, 3.8) is 0 Å². The molecule has 1 heterocycles. The number of ether oxygens (including phenoxy) is 1. The quantitative estimate of drug-likeness (QED) is 0.657. The molecule has 1 aliphatic rings. The topological polar surface area (TPSA) is 55.6 Å². The molecule has 2 rings (SSSR count). The van der Waals surface area contributed by atoms with E-state index in [0.717, 1.165) is 12.2 Å². The van der Waals surface area contributed by atoms with Crippen molar-refractivity contribution < 1.29 is 9.53 Å². The molecule has 1 atom stereocenters. The molecular formula is C15H22N2O2. The number of rotatable bonds is 2. The molecule has 0 radical (unpaired) electrons. The van der Waals surface area contributed by atoms with Crippen molar-refractivity contribution in [3.05, 3.63) is 23.8 Å². The fraction of sp³-hybridized carbons (Fsp3) is 0.533. The number of carbonyl (C=O) groups excluding carboxylic acids is 1. The highest BCUT2D eigenvalue weighted by Crippen LogP contribution is 2.29. The largest absolute Gasteiger partial charge is 0.465 e. The molecular weight excluding hydrogens is 240 g/mol. The summed E-state index contributed by atoms with van der Waals surface area (Å²) in [6, 6.07) is 5.92. The summed E-state index contributed by atoms with van der Waals surface area (Å²) >= 11 is 0. The first kappa shape index (κ1) is 13.7. The van der Waals surface area contributed by atoms with Gasteiger partial charge in [0.15, 0.2) is 0 Å². The van der Waals surface area contributed by atoms with E-state index in [0.29, 0.717) is 17.3 Å². The van der Waals surface area contributed by atoms with Gasteiger partial charge in [0.1, 0.15) is 0 Å². The number of nitrogens with zero attached hydrogens (tertiary/aromatic N) is 1. The third kappa shape index (κ3) is 3.00. The van der Waals surface area contributed by atoms with Gasteiger partial charge in [-0.05, 0) is 38.0 Å². The summed E-state index contributed by atoms with van der Waals surface area (Å²) in [5.74, 6) is -0.345. The van der Waals surface area contributed by atoms with Crippen molar-refractivity contribution in [1.29, 1.82) is 0 Å². The van der Waals surface area contributed by atoms with E-state index < -0.39 is 0 Å². The summed E-state index contributed by atoms with van der Waals surface area (Å²) < 4.78 is 4.71. The van der Waals surface area contributed by atoms with Crippen LogP contribution in [-0.4, -0.2) is 25.7 Å². The third-order valence-corrected chi connectivity index (χ3v) is 3.81. The van der Waals surface area contributed by atoms with Crippen molar-refractivity contribution in [3.8, 4) is 0 Å². The first-order valence-electron chi connectivity index (χ1n) is 6.88. The summed E-state index contributed by atoms with van der Waals surface area (Å²) in [4.78, 5) is 13.8. The van der Waals surface area contributed by atoms with E-state index in [1.807, 2.05) is 6.07 Å². The average Bonchev–Trinajstić information content (AvgIpc) is 2.62. The molecule has 1 unspecified atom stereocenters. The molecule has 0 aliphatic carbocycles. The van der Waals surface area contributed by atoms with E-state index in [4.69, 9.17) is 10.5 Å². The summed E-state index contributed by atoms with van der Waals surface area (Å²) in [7, 11) is 1.38. The Kier molecular flexibility index (Phi) is 4.30. The number of benzene rings is 1. The Labute approximate surface area is 114 Å². The highest BCUT2D eigenvalue weighted by molar-refractivity contribution is 5.92. The van der Waals surface area contributed by atoms with Crippen LogP contribution in [0.5, 0.6) is 0 Å². The van der Waals surface area contributed by atoms with Crippen LogP contribution >= 0.6 is 0 Å². The van der Waals surface area contributed by atoms with Crippen LogP contribution in [0.2, 0.25) is 0 Å². The molecule has 1 aromatic carbocycles. The van der Waals surface area contributed by atoms with Crippen molar-refractivity contribution >= 4 is 17.3 Å². The van der Waals surface area contributed by atoms with Gasteiger partial charge in [0, 0.05) is 12.6 Å². The number of nitrogen functional groups attached to an aromatic ring is 1. The molecule has 1 aromatic rings. The summed E-state index contributed by atoms with van der Waals surface area (Å²) in [5, 5.41) is 0. The molecule has 19 heavy (non-hydrogen) atoms. The molecule has 0 amide bonds. The Balaban J connectivity index is 2.26. The number of hydrogen-bond donors (Lipinski definition) is 1. The monoisotopic (exact) mass is 262 g/mol. The van der Waals surface area contributed by atoms with Crippen molar-refractivity contribution in [2.75, 3.05) is 24.3 Å². The molecule has 104 valence electrons. The molecule has 0 aromatic heterocycles. The van der Waals surface area contributed by atoms with E-state index in [1.54, 1.807) is 12.1 Å².